The van der Waals surface area contributed by atoms with Crippen molar-refractivity contribution in [3.8, 4) is 0 Å². The maximum Gasteiger partial charge on any atom is 0.303 e. The van der Waals surface area contributed by atoms with Crippen molar-refractivity contribution < 1.29 is 29.3 Å². The van der Waals surface area contributed by atoms with Crippen molar-refractivity contribution in [3.63, 3.8) is 0 Å². The second-order valence-electron chi connectivity index (χ2n) is 9.46. The van der Waals surface area contributed by atoms with Gasteiger partial charge in [0.2, 0.25) is 0 Å². The van der Waals surface area contributed by atoms with Crippen molar-refractivity contribution >= 4 is 17.5 Å². The second kappa shape index (κ2) is 5.86. The Morgan fingerprint density at radius 1 is 1.25 bits per heavy atom. The fourth-order valence-corrected chi connectivity index (χ4v) is 6.10. The van der Waals surface area contributed by atoms with Crippen molar-refractivity contribution in [2.24, 2.45) is 28.6 Å². The van der Waals surface area contributed by atoms with Crippen LogP contribution in [0.3, 0.4) is 0 Å². The van der Waals surface area contributed by atoms with E-state index in [4.69, 9.17) is 4.74 Å². The lowest BCUT2D eigenvalue weighted by Crippen LogP contribution is -2.61. The third-order valence-corrected chi connectivity index (χ3v) is 7.90. The number of Topliss-reactive ketones (excluding diaryl/α,β-unsaturated/α-hetero) is 2. The number of hydrogen-bond donors (Lipinski definition) is 2. The zero-order chi connectivity index (χ0) is 20.8. The van der Waals surface area contributed by atoms with Gasteiger partial charge in [-0.3, -0.25) is 14.4 Å². The van der Waals surface area contributed by atoms with Gasteiger partial charge in [0.1, 0.15) is 12.2 Å². The van der Waals surface area contributed by atoms with E-state index in [-0.39, 0.29) is 28.8 Å². The maximum atomic E-state index is 13.5. The number of esters is 1. The van der Waals surface area contributed by atoms with Crippen molar-refractivity contribution in [1.82, 2.24) is 0 Å². The molecule has 1 spiro atoms. The molecule has 28 heavy (non-hydrogen) atoms. The molecule has 152 valence electrons. The Morgan fingerprint density at radius 3 is 2.39 bits per heavy atom. The van der Waals surface area contributed by atoms with E-state index in [9.17, 15) is 24.6 Å². The highest BCUT2D eigenvalue weighted by Crippen LogP contribution is 2.65. The quantitative estimate of drug-likeness (QED) is 0.524. The summed E-state index contributed by atoms with van der Waals surface area (Å²) in [6.07, 6.45) is -1.96. The lowest BCUT2D eigenvalue weighted by atomic mass is 9.50. The fourth-order valence-electron chi connectivity index (χ4n) is 6.10. The molecule has 6 nitrogen and oxygen atoms in total. The summed E-state index contributed by atoms with van der Waals surface area (Å²) < 4.78 is 5.42. The standard InChI is InChI=1S/C22H28O6/c1-9-6-7-21(5)14(11(9)3)16(24)18(28-12(4)23)13-15(21)17(25)20(27)22(19(13)26)8-10(22)2/h9-10,14,16,18,20,24,27H,3,6-8H2,1-2,4-5H3/t9-,10+,14+,16+,18+,20+,21+,22-/m1/s1. The van der Waals surface area contributed by atoms with Crippen LogP contribution < -0.4 is 0 Å². The highest BCUT2D eigenvalue weighted by Gasteiger charge is 2.71. The molecule has 0 saturated heterocycles. The van der Waals surface area contributed by atoms with Crippen LogP contribution in [-0.4, -0.2) is 46.1 Å². The molecule has 0 aliphatic heterocycles. The molecule has 4 aliphatic carbocycles. The number of ketones is 2. The molecule has 0 radical (unpaired) electrons. The molecule has 2 N–H and O–H groups in total. The van der Waals surface area contributed by atoms with Gasteiger partial charge in [-0.15, -0.1) is 0 Å². The van der Waals surface area contributed by atoms with E-state index >= 15 is 0 Å². The Labute approximate surface area is 164 Å². The molecule has 0 unspecified atom stereocenters. The first kappa shape index (κ1) is 19.5. The number of aliphatic hydroxyl groups is 2. The lowest BCUT2D eigenvalue weighted by molar-refractivity contribution is -0.160. The van der Waals surface area contributed by atoms with Gasteiger partial charge < -0.3 is 14.9 Å². The molecule has 6 heteroatoms. The van der Waals surface area contributed by atoms with E-state index in [1.807, 2.05) is 20.8 Å². The Bertz CT molecular complexity index is 840. The van der Waals surface area contributed by atoms with Gasteiger partial charge in [-0.25, -0.2) is 0 Å². The Hall–Kier alpha value is -1.79. The lowest BCUT2D eigenvalue weighted by Gasteiger charge is -2.55. The summed E-state index contributed by atoms with van der Waals surface area (Å²) in [6, 6.07) is 0. The molecule has 4 rings (SSSR count). The van der Waals surface area contributed by atoms with Gasteiger partial charge in [0.25, 0.3) is 0 Å². The number of rotatable bonds is 1. The third-order valence-electron chi connectivity index (χ3n) is 7.90. The highest BCUT2D eigenvalue weighted by molar-refractivity contribution is 6.19. The smallest absolute Gasteiger partial charge is 0.303 e. The maximum absolute atomic E-state index is 13.5. The molecule has 4 aliphatic rings. The predicted octanol–water partition coefficient (Wildman–Crippen LogP) is 1.74. The first-order chi connectivity index (χ1) is 13.0. The van der Waals surface area contributed by atoms with Gasteiger partial charge in [0.05, 0.1) is 5.41 Å². The molecule has 2 fully saturated rings. The van der Waals surface area contributed by atoms with E-state index in [2.05, 4.69) is 6.58 Å². The van der Waals surface area contributed by atoms with Crippen molar-refractivity contribution in [2.45, 2.75) is 65.3 Å². The Balaban J connectivity index is 1.97. The van der Waals surface area contributed by atoms with Gasteiger partial charge in [0, 0.05) is 29.4 Å². The summed E-state index contributed by atoms with van der Waals surface area (Å²) >= 11 is 0. The first-order valence-corrected chi connectivity index (χ1v) is 10.0. The molecule has 0 aromatic rings. The summed E-state index contributed by atoms with van der Waals surface area (Å²) in [4.78, 5) is 38.7. The van der Waals surface area contributed by atoms with Crippen LogP contribution in [-0.2, 0) is 19.1 Å². The van der Waals surface area contributed by atoms with Crippen molar-refractivity contribution in [3.05, 3.63) is 23.3 Å². The van der Waals surface area contributed by atoms with E-state index < -0.39 is 46.8 Å². The minimum Gasteiger partial charge on any atom is -0.455 e. The predicted molar refractivity (Wildman–Crippen MR) is 100.0 cm³/mol. The van der Waals surface area contributed by atoms with Gasteiger partial charge in [-0.05, 0) is 31.1 Å². The van der Waals surface area contributed by atoms with Gasteiger partial charge >= 0.3 is 5.97 Å². The molecule has 0 aromatic carbocycles. The van der Waals surface area contributed by atoms with Crippen molar-refractivity contribution in [2.75, 3.05) is 0 Å². The van der Waals surface area contributed by atoms with Crippen LogP contribution >= 0.6 is 0 Å². The number of carbonyl (C=O) groups excluding carboxylic acids is 3. The molecular weight excluding hydrogens is 360 g/mol. The van der Waals surface area contributed by atoms with Crippen molar-refractivity contribution in [1.29, 1.82) is 0 Å². The summed E-state index contributed by atoms with van der Waals surface area (Å²) in [7, 11) is 0. The van der Waals surface area contributed by atoms with E-state index in [1.165, 1.54) is 6.92 Å². The topological polar surface area (TPSA) is 101 Å². The minimum absolute atomic E-state index is 0.100. The average molecular weight is 388 g/mol. The summed E-state index contributed by atoms with van der Waals surface area (Å²) in [5.41, 5.74) is -0.828. The van der Waals surface area contributed by atoms with Gasteiger partial charge in [0.15, 0.2) is 17.7 Å². The molecule has 0 heterocycles. The van der Waals surface area contributed by atoms with Gasteiger partial charge in [-0.2, -0.15) is 0 Å². The Morgan fingerprint density at radius 2 is 1.86 bits per heavy atom. The number of aliphatic hydroxyl groups excluding tert-OH is 2. The second-order valence-corrected chi connectivity index (χ2v) is 9.46. The van der Waals surface area contributed by atoms with Crippen LogP contribution in [0.15, 0.2) is 23.3 Å². The first-order valence-electron chi connectivity index (χ1n) is 10.0. The van der Waals surface area contributed by atoms with Crippen LogP contribution in [0.25, 0.3) is 0 Å². The third kappa shape index (κ3) is 2.19. The summed E-state index contributed by atoms with van der Waals surface area (Å²) in [6.45, 7) is 11.1. The highest BCUT2D eigenvalue weighted by atomic mass is 16.6. The van der Waals surface area contributed by atoms with E-state index in [0.29, 0.717) is 12.8 Å². The number of carbonyl (C=O) groups is 3. The van der Waals surface area contributed by atoms with Crippen LogP contribution in [0.2, 0.25) is 0 Å². The van der Waals surface area contributed by atoms with Crippen LogP contribution in [0.1, 0.15) is 47.0 Å². The molecule has 0 amide bonds. The average Bonchev–Trinajstić information content (AvgIpc) is 3.29. The van der Waals surface area contributed by atoms with E-state index in [1.54, 1.807) is 0 Å². The van der Waals surface area contributed by atoms with E-state index in [0.717, 1.165) is 12.0 Å². The molecule has 0 aromatic heterocycles. The largest absolute Gasteiger partial charge is 0.455 e. The van der Waals surface area contributed by atoms with Crippen LogP contribution in [0.5, 0.6) is 0 Å². The zero-order valence-electron chi connectivity index (χ0n) is 16.8. The molecule has 0 bridgehead atoms. The molecule has 2 saturated carbocycles. The molecular formula is C22H28O6. The summed E-state index contributed by atoms with van der Waals surface area (Å²) in [5.74, 6) is -1.95. The normalized spacial score (nSPS) is 47.7. The minimum atomic E-state index is -1.38. The number of hydrogen-bond acceptors (Lipinski definition) is 6. The van der Waals surface area contributed by atoms with Gasteiger partial charge in [-0.1, -0.05) is 32.9 Å². The van der Waals surface area contributed by atoms with Crippen LogP contribution in [0.4, 0.5) is 0 Å². The van der Waals surface area contributed by atoms with Crippen LogP contribution in [0, 0.1) is 28.6 Å². The number of ether oxygens (including phenoxy) is 1. The fraction of sp³-hybridized carbons (Fsp3) is 0.682. The zero-order valence-corrected chi connectivity index (χ0v) is 16.8. The monoisotopic (exact) mass is 388 g/mol. The SMILES string of the molecule is C=C1[C@H](C)CC[C@]2(C)C3=C(C(=O)[C@]4(C[C@@H]4C)[C@@H](O)C3=O)[C@H](OC(C)=O)[C@@H](O)[C@H]12. The summed E-state index contributed by atoms with van der Waals surface area (Å²) in [5, 5.41) is 22.0. The Kier molecular flexibility index (Phi) is 4.09. The number of fused-ring (bicyclic) bond motifs is 2. The molecule has 8 atom stereocenters.